The van der Waals surface area contributed by atoms with Crippen molar-refractivity contribution >= 4 is 5.57 Å². The normalized spacial score (nSPS) is 12.7. The van der Waals surface area contributed by atoms with Crippen LogP contribution in [0, 0.1) is 11.3 Å². The van der Waals surface area contributed by atoms with Crippen LogP contribution in [0.4, 0.5) is 0 Å². The van der Waals surface area contributed by atoms with E-state index in [1.165, 1.54) is 0 Å². The highest BCUT2D eigenvalue weighted by molar-refractivity contribution is 5.82. The van der Waals surface area contributed by atoms with Gasteiger partial charge in [0.1, 0.15) is 0 Å². The van der Waals surface area contributed by atoms with Gasteiger partial charge in [-0.25, -0.2) is 0 Å². The molecule has 0 bridgehead atoms. The summed E-state index contributed by atoms with van der Waals surface area (Å²) in [6.45, 7) is 2.07. The summed E-state index contributed by atoms with van der Waals surface area (Å²) in [6, 6.07) is 20.0. The second-order valence-corrected chi connectivity index (χ2v) is 5.36. The van der Waals surface area contributed by atoms with E-state index in [4.69, 9.17) is 5.26 Å². The largest absolute Gasteiger partial charge is 0.393 e. The number of benzene rings is 2. The maximum atomic E-state index is 10.1. The van der Waals surface area contributed by atoms with Crippen LogP contribution < -0.4 is 0 Å². The second kappa shape index (κ2) is 8.17. The smallest absolute Gasteiger partial charge is 0.0918 e. The molecule has 2 nitrogen and oxygen atoms in total. The lowest BCUT2D eigenvalue weighted by atomic mass is 9.91. The van der Waals surface area contributed by atoms with E-state index in [0.717, 1.165) is 35.1 Å². The first-order valence-electron chi connectivity index (χ1n) is 7.67. The number of nitriles is 1. The maximum absolute atomic E-state index is 10.1. The summed E-state index contributed by atoms with van der Waals surface area (Å²) in [4.78, 5) is 0. The first-order chi connectivity index (χ1) is 10.8. The molecule has 1 N–H and O–H groups in total. The Morgan fingerprint density at radius 3 is 2.50 bits per heavy atom. The average molecular weight is 291 g/mol. The molecular weight excluding hydrogens is 270 g/mol. The summed E-state index contributed by atoms with van der Waals surface area (Å²) >= 11 is 0. The molecule has 2 heteroatoms. The van der Waals surface area contributed by atoms with E-state index in [2.05, 4.69) is 13.0 Å². The molecule has 0 aliphatic heterocycles. The summed E-state index contributed by atoms with van der Waals surface area (Å²) in [5.41, 5.74) is 4.02. The molecule has 0 saturated heterocycles. The number of aliphatic hydroxyl groups excluding tert-OH is 1. The number of allylic oxidation sites excluding steroid dienone is 1. The van der Waals surface area contributed by atoms with Gasteiger partial charge in [0.25, 0.3) is 0 Å². The van der Waals surface area contributed by atoms with Crippen molar-refractivity contribution in [3.63, 3.8) is 0 Å². The van der Waals surface area contributed by atoms with E-state index < -0.39 is 0 Å². The van der Waals surface area contributed by atoms with Crippen molar-refractivity contribution in [1.29, 1.82) is 5.26 Å². The first-order valence-corrected chi connectivity index (χ1v) is 7.67. The lowest BCUT2D eigenvalue weighted by molar-refractivity contribution is 0.164. The van der Waals surface area contributed by atoms with Crippen molar-refractivity contribution < 1.29 is 5.11 Å². The molecule has 2 aromatic rings. The minimum atomic E-state index is -0.342. The minimum Gasteiger partial charge on any atom is -0.393 e. The highest BCUT2D eigenvalue weighted by Gasteiger charge is 2.12. The molecule has 0 fully saturated rings. The molecule has 0 saturated carbocycles. The average Bonchev–Trinajstić information content (AvgIpc) is 2.54. The highest BCUT2D eigenvalue weighted by atomic mass is 16.3. The van der Waals surface area contributed by atoms with Crippen LogP contribution in [0.2, 0.25) is 0 Å². The number of nitrogens with zero attached hydrogens (tertiary/aromatic N) is 1. The Balaban J connectivity index is 2.42. The van der Waals surface area contributed by atoms with Crippen molar-refractivity contribution in [2.45, 2.75) is 32.3 Å². The Morgan fingerprint density at radius 1 is 1.14 bits per heavy atom. The van der Waals surface area contributed by atoms with Gasteiger partial charge in [0.15, 0.2) is 0 Å². The maximum Gasteiger partial charge on any atom is 0.0918 e. The van der Waals surface area contributed by atoms with Gasteiger partial charge < -0.3 is 5.11 Å². The lowest BCUT2D eigenvalue weighted by Crippen LogP contribution is -2.11. The SMILES string of the molecule is CCCC(O)Cc1ccccc1C(=CC#N)c1ccccc1. The van der Waals surface area contributed by atoms with Crippen LogP contribution >= 0.6 is 0 Å². The van der Waals surface area contributed by atoms with Gasteiger partial charge >= 0.3 is 0 Å². The number of rotatable bonds is 6. The zero-order valence-corrected chi connectivity index (χ0v) is 12.9. The summed E-state index contributed by atoms with van der Waals surface area (Å²) in [6.07, 6.45) is 3.60. The molecule has 2 rings (SSSR count). The fourth-order valence-electron chi connectivity index (χ4n) is 2.65. The van der Waals surface area contributed by atoms with Crippen LogP contribution in [0.1, 0.15) is 36.5 Å². The highest BCUT2D eigenvalue weighted by Crippen LogP contribution is 2.27. The van der Waals surface area contributed by atoms with Gasteiger partial charge in [0.2, 0.25) is 0 Å². The van der Waals surface area contributed by atoms with Gasteiger partial charge in [0, 0.05) is 6.08 Å². The van der Waals surface area contributed by atoms with Crippen molar-refractivity contribution in [2.75, 3.05) is 0 Å². The molecule has 1 unspecified atom stereocenters. The molecule has 1 atom stereocenters. The number of hydrogen-bond acceptors (Lipinski definition) is 2. The van der Waals surface area contributed by atoms with E-state index >= 15 is 0 Å². The Bertz CT molecular complexity index is 668. The van der Waals surface area contributed by atoms with E-state index in [9.17, 15) is 5.11 Å². The van der Waals surface area contributed by atoms with E-state index in [1.54, 1.807) is 6.08 Å². The van der Waals surface area contributed by atoms with Crippen molar-refractivity contribution in [2.24, 2.45) is 0 Å². The fourth-order valence-corrected chi connectivity index (χ4v) is 2.65. The molecule has 0 spiro atoms. The van der Waals surface area contributed by atoms with Gasteiger partial charge in [-0.15, -0.1) is 0 Å². The summed E-state index contributed by atoms with van der Waals surface area (Å²) < 4.78 is 0. The third-order valence-corrected chi connectivity index (χ3v) is 3.68. The lowest BCUT2D eigenvalue weighted by Gasteiger charge is -2.15. The van der Waals surface area contributed by atoms with Crippen molar-refractivity contribution in [1.82, 2.24) is 0 Å². The summed E-state index contributed by atoms with van der Waals surface area (Å²) in [5, 5.41) is 19.3. The standard InChI is InChI=1S/C20H21NO/c1-2-8-18(22)15-17-11-6-7-12-19(17)20(13-14-21)16-9-4-3-5-10-16/h3-7,9-13,18,22H,2,8,15H2,1H3. The predicted octanol–water partition coefficient (Wildman–Crippen LogP) is 4.35. The van der Waals surface area contributed by atoms with Gasteiger partial charge in [-0.2, -0.15) is 5.26 Å². The number of aliphatic hydroxyl groups is 1. The third kappa shape index (κ3) is 4.07. The van der Waals surface area contributed by atoms with Crippen LogP contribution in [0.3, 0.4) is 0 Å². The molecule has 0 aliphatic carbocycles. The minimum absolute atomic E-state index is 0.342. The third-order valence-electron chi connectivity index (χ3n) is 3.68. The molecule has 112 valence electrons. The molecule has 2 aromatic carbocycles. The second-order valence-electron chi connectivity index (χ2n) is 5.36. The molecule has 0 radical (unpaired) electrons. The zero-order chi connectivity index (χ0) is 15.8. The van der Waals surface area contributed by atoms with E-state index in [1.807, 2.05) is 54.6 Å². The first kappa shape index (κ1) is 16.0. The van der Waals surface area contributed by atoms with Gasteiger partial charge in [-0.1, -0.05) is 67.9 Å². The van der Waals surface area contributed by atoms with Crippen LogP contribution in [-0.2, 0) is 6.42 Å². The Morgan fingerprint density at radius 2 is 1.82 bits per heavy atom. The zero-order valence-electron chi connectivity index (χ0n) is 12.9. The van der Waals surface area contributed by atoms with Crippen LogP contribution in [0.15, 0.2) is 60.7 Å². The quantitative estimate of drug-likeness (QED) is 0.804. The monoisotopic (exact) mass is 291 g/mol. The van der Waals surface area contributed by atoms with Crippen LogP contribution in [0.5, 0.6) is 0 Å². The molecule has 0 heterocycles. The van der Waals surface area contributed by atoms with E-state index in [-0.39, 0.29) is 6.10 Å². The molecule has 0 amide bonds. The molecule has 22 heavy (non-hydrogen) atoms. The van der Waals surface area contributed by atoms with Gasteiger partial charge in [-0.05, 0) is 35.1 Å². The van der Waals surface area contributed by atoms with Crippen molar-refractivity contribution in [3.8, 4) is 6.07 Å². The topological polar surface area (TPSA) is 44.0 Å². The van der Waals surface area contributed by atoms with E-state index in [0.29, 0.717) is 6.42 Å². The van der Waals surface area contributed by atoms with Crippen LogP contribution in [-0.4, -0.2) is 11.2 Å². The summed E-state index contributed by atoms with van der Waals surface area (Å²) in [7, 11) is 0. The Labute approximate surface area is 132 Å². The molecular formula is C20H21NO. The van der Waals surface area contributed by atoms with Gasteiger partial charge in [-0.3, -0.25) is 0 Å². The fraction of sp³-hybridized carbons (Fsp3) is 0.250. The predicted molar refractivity (Wildman–Crippen MR) is 90.2 cm³/mol. The Kier molecular flexibility index (Phi) is 5.94. The Hall–Kier alpha value is -2.37. The van der Waals surface area contributed by atoms with Crippen molar-refractivity contribution in [3.05, 3.63) is 77.4 Å². The molecule has 0 aromatic heterocycles. The van der Waals surface area contributed by atoms with Gasteiger partial charge in [0.05, 0.1) is 12.2 Å². The number of hydrogen-bond donors (Lipinski definition) is 1. The van der Waals surface area contributed by atoms with Crippen LogP contribution in [0.25, 0.3) is 5.57 Å². The summed E-state index contributed by atoms with van der Waals surface area (Å²) in [5.74, 6) is 0. The molecule has 0 aliphatic rings.